The van der Waals surface area contributed by atoms with Crippen LogP contribution < -0.4 is 0 Å². The molecule has 0 fully saturated rings. The van der Waals surface area contributed by atoms with Crippen molar-refractivity contribution in [2.24, 2.45) is 16.2 Å². The van der Waals surface area contributed by atoms with Crippen LogP contribution in [0.4, 0.5) is 0 Å². The fourth-order valence-corrected chi connectivity index (χ4v) is 4.38. The molecule has 0 bridgehead atoms. The summed E-state index contributed by atoms with van der Waals surface area (Å²) >= 11 is 0. The topological polar surface area (TPSA) is 0 Å². The Morgan fingerprint density at radius 3 is 2.09 bits per heavy atom. The second-order valence-corrected chi connectivity index (χ2v) is 8.65. The minimum absolute atomic E-state index is 0. The van der Waals surface area contributed by atoms with Gasteiger partial charge in [0.1, 0.15) is 0 Å². The van der Waals surface area contributed by atoms with Crippen molar-refractivity contribution < 1.29 is 0 Å². The van der Waals surface area contributed by atoms with E-state index in [0.717, 1.165) is 6.42 Å². The van der Waals surface area contributed by atoms with E-state index < -0.39 is 0 Å². The van der Waals surface area contributed by atoms with Gasteiger partial charge >= 0.3 is 18.9 Å². The summed E-state index contributed by atoms with van der Waals surface area (Å²) in [4.78, 5) is 0. The molecule has 0 unspecified atom stereocenters. The molecule has 1 aromatic carbocycles. The van der Waals surface area contributed by atoms with Crippen LogP contribution in [-0.4, -0.2) is 18.9 Å². The van der Waals surface area contributed by atoms with Crippen molar-refractivity contribution in [2.45, 2.75) is 48.0 Å². The van der Waals surface area contributed by atoms with Gasteiger partial charge in [0.2, 0.25) is 0 Å². The molecular weight excluding hydrogens is 259 g/mol. The zero-order chi connectivity index (χ0) is 15.5. The molecule has 0 saturated heterocycles. The molecule has 22 heavy (non-hydrogen) atoms. The van der Waals surface area contributed by atoms with E-state index in [0.29, 0.717) is 0 Å². The summed E-state index contributed by atoms with van der Waals surface area (Å²) in [5.74, 6) is 0. The summed E-state index contributed by atoms with van der Waals surface area (Å²) in [5.41, 5.74) is 6.43. The van der Waals surface area contributed by atoms with E-state index in [9.17, 15) is 0 Å². The van der Waals surface area contributed by atoms with Crippen LogP contribution in [-0.2, 0) is 0 Å². The number of rotatable bonds is 0. The molecule has 1 aromatic rings. The second-order valence-electron chi connectivity index (χ2n) is 8.65. The molecule has 3 rings (SSSR count). The molecule has 113 valence electrons. The molecule has 0 heterocycles. The van der Waals surface area contributed by atoms with E-state index >= 15 is 0 Å². The van der Waals surface area contributed by atoms with Crippen molar-refractivity contribution >= 4 is 24.4 Å². The molecule has 0 saturated carbocycles. The zero-order valence-electron chi connectivity index (χ0n) is 14.2. The van der Waals surface area contributed by atoms with Gasteiger partial charge in [0.05, 0.1) is 0 Å². The first-order valence-electron chi connectivity index (χ1n) is 8.02. The van der Waals surface area contributed by atoms with E-state index in [1.807, 2.05) is 0 Å². The number of fused-ring (bicyclic) bond motifs is 2. The quantitative estimate of drug-likeness (QED) is 0.561. The Morgan fingerprint density at radius 2 is 1.50 bits per heavy atom. The fourth-order valence-electron chi connectivity index (χ4n) is 4.38. The average Bonchev–Trinajstić information content (AvgIpc) is 2.73. The molecule has 0 atom stereocenters. The minimum atomic E-state index is 0. The third kappa shape index (κ3) is 2.46. The summed E-state index contributed by atoms with van der Waals surface area (Å²) in [6, 6.07) is 8.82. The van der Waals surface area contributed by atoms with Crippen molar-refractivity contribution in [3.8, 4) is 0 Å². The molecule has 0 aliphatic heterocycles. The number of hydrogen-bond acceptors (Lipinski definition) is 0. The van der Waals surface area contributed by atoms with Crippen LogP contribution >= 0.6 is 0 Å². The first-order valence-corrected chi connectivity index (χ1v) is 8.02. The van der Waals surface area contributed by atoms with Gasteiger partial charge in [-0.25, -0.2) is 0 Å². The summed E-state index contributed by atoms with van der Waals surface area (Å²) in [6.07, 6.45) is 8.35. The Hall–Kier alpha value is -0.703. The van der Waals surface area contributed by atoms with E-state index in [1.54, 1.807) is 0 Å². The SMILES string of the molecule is CC(C)(C)C1(C(C)(C)C)C=CC2=C(C1)c1ccccc1[CH]2.[LiH]. The molecule has 0 N–H and O–H groups in total. The van der Waals surface area contributed by atoms with Crippen LogP contribution in [0.1, 0.15) is 59.1 Å². The molecular formula is C21H28Li. The summed E-state index contributed by atoms with van der Waals surface area (Å²) in [5, 5.41) is 0. The second kappa shape index (κ2) is 5.43. The van der Waals surface area contributed by atoms with Gasteiger partial charge in [-0.05, 0) is 39.5 Å². The Morgan fingerprint density at radius 1 is 0.909 bits per heavy atom. The molecule has 1 heteroatoms. The van der Waals surface area contributed by atoms with E-state index in [4.69, 9.17) is 0 Å². The number of allylic oxidation sites excluding steroid dienone is 4. The van der Waals surface area contributed by atoms with Crippen molar-refractivity contribution in [3.05, 3.63) is 59.5 Å². The van der Waals surface area contributed by atoms with Gasteiger partial charge < -0.3 is 0 Å². The first-order chi connectivity index (χ1) is 9.66. The Kier molecular flexibility index (Phi) is 4.36. The maximum absolute atomic E-state index is 2.49. The molecule has 0 aromatic heterocycles. The van der Waals surface area contributed by atoms with E-state index in [-0.39, 0.29) is 35.1 Å². The van der Waals surface area contributed by atoms with E-state index in [1.165, 1.54) is 22.3 Å². The Bertz CT molecular complexity index is 619. The van der Waals surface area contributed by atoms with Gasteiger partial charge in [-0.2, -0.15) is 0 Å². The standard InChI is InChI=1S/C21H27.Li.H/c1-19(2,3)21(20(4,5)6)12-11-16-13-15-9-7-8-10-17(15)18(16)14-21;;/h7-13H,14H2,1-6H3;;. The molecule has 0 spiro atoms. The third-order valence-corrected chi connectivity index (χ3v) is 5.63. The summed E-state index contributed by atoms with van der Waals surface area (Å²) < 4.78 is 0. The monoisotopic (exact) mass is 287 g/mol. The van der Waals surface area contributed by atoms with Gasteiger partial charge in [0.15, 0.2) is 0 Å². The van der Waals surface area contributed by atoms with Gasteiger partial charge in [0.25, 0.3) is 0 Å². The van der Waals surface area contributed by atoms with Crippen LogP contribution in [0.15, 0.2) is 42.0 Å². The molecule has 1 radical (unpaired) electrons. The average molecular weight is 287 g/mol. The first kappa shape index (κ1) is 17.6. The summed E-state index contributed by atoms with van der Waals surface area (Å²) in [6.45, 7) is 14.3. The van der Waals surface area contributed by atoms with Crippen LogP contribution in [0, 0.1) is 22.7 Å². The van der Waals surface area contributed by atoms with E-state index in [2.05, 4.69) is 84.4 Å². The van der Waals surface area contributed by atoms with Gasteiger partial charge in [-0.3, -0.25) is 0 Å². The third-order valence-electron chi connectivity index (χ3n) is 5.63. The molecule has 0 nitrogen and oxygen atoms in total. The van der Waals surface area contributed by atoms with Crippen molar-refractivity contribution in [3.63, 3.8) is 0 Å². The van der Waals surface area contributed by atoms with Crippen molar-refractivity contribution in [1.29, 1.82) is 0 Å². The normalized spacial score (nSPS) is 19.5. The van der Waals surface area contributed by atoms with Crippen LogP contribution in [0.3, 0.4) is 0 Å². The fraction of sp³-hybridized carbons (Fsp3) is 0.476. The Labute approximate surface area is 148 Å². The van der Waals surface area contributed by atoms with Crippen molar-refractivity contribution in [1.82, 2.24) is 0 Å². The zero-order valence-corrected chi connectivity index (χ0v) is 14.2. The molecule has 2 aliphatic rings. The number of hydrogen-bond donors (Lipinski definition) is 0. The van der Waals surface area contributed by atoms with Gasteiger partial charge in [-0.1, -0.05) is 78.0 Å². The van der Waals surface area contributed by atoms with Crippen LogP contribution in [0.25, 0.3) is 5.57 Å². The van der Waals surface area contributed by atoms with Gasteiger partial charge in [0, 0.05) is 11.8 Å². The predicted molar refractivity (Wildman–Crippen MR) is 99.0 cm³/mol. The van der Waals surface area contributed by atoms with Crippen LogP contribution in [0.5, 0.6) is 0 Å². The molecule has 2 aliphatic carbocycles. The number of benzene rings is 1. The predicted octanol–water partition coefficient (Wildman–Crippen LogP) is 5.40. The Balaban J connectivity index is 0.00000176. The van der Waals surface area contributed by atoms with Crippen LogP contribution in [0.2, 0.25) is 0 Å². The van der Waals surface area contributed by atoms with Gasteiger partial charge in [-0.15, -0.1) is 0 Å². The molecule has 0 amide bonds. The maximum atomic E-state index is 2.49. The summed E-state index contributed by atoms with van der Waals surface area (Å²) in [7, 11) is 0. The van der Waals surface area contributed by atoms with Crippen molar-refractivity contribution in [2.75, 3.05) is 0 Å².